The highest BCUT2D eigenvalue weighted by Gasteiger charge is 2.26. The number of pyridine rings is 1. The highest BCUT2D eigenvalue weighted by atomic mass is 16.5. The molecule has 7 nitrogen and oxygen atoms in total. The van der Waals surface area contributed by atoms with Crippen molar-refractivity contribution in [2.24, 2.45) is 0 Å². The quantitative estimate of drug-likeness (QED) is 0.689. The van der Waals surface area contributed by atoms with Gasteiger partial charge in [-0.2, -0.15) is 10.2 Å². The van der Waals surface area contributed by atoms with Gasteiger partial charge in [0.05, 0.1) is 17.9 Å². The van der Waals surface area contributed by atoms with Crippen LogP contribution in [-0.2, 0) is 19.6 Å². The summed E-state index contributed by atoms with van der Waals surface area (Å²) < 4.78 is 9.92. The van der Waals surface area contributed by atoms with Crippen molar-refractivity contribution < 1.29 is 4.74 Å². The van der Waals surface area contributed by atoms with Crippen LogP contribution in [0, 0.1) is 0 Å². The summed E-state index contributed by atoms with van der Waals surface area (Å²) in [6, 6.07) is 7.94. The Balaban J connectivity index is 1.45. The third-order valence-electron chi connectivity index (χ3n) is 4.43. The molecule has 0 radical (unpaired) electrons. The maximum atomic E-state index is 5.88. The van der Waals surface area contributed by atoms with Crippen LogP contribution in [0.1, 0.15) is 24.2 Å². The lowest BCUT2D eigenvalue weighted by molar-refractivity contribution is 0.125. The SMILES string of the molecule is CCn1cc(CN2Cc3ccnn3[C@H](COc3ccccn3)C2)cn1. The van der Waals surface area contributed by atoms with E-state index in [1.807, 2.05) is 35.3 Å². The molecule has 0 spiro atoms. The highest BCUT2D eigenvalue weighted by molar-refractivity contribution is 5.11. The van der Waals surface area contributed by atoms with Gasteiger partial charge in [0.15, 0.2) is 0 Å². The van der Waals surface area contributed by atoms with E-state index in [1.165, 1.54) is 11.3 Å². The summed E-state index contributed by atoms with van der Waals surface area (Å²) in [6.07, 6.45) is 7.68. The van der Waals surface area contributed by atoms with E-state index in [2.05, 4.69) is 44.0 Å². The zero-order valence-corrected chi connectivity index (χ0v) is 14.3. The van der Waals surface area contributed by atoms with Gasteiger partial charge in [0.25, 0.3) is 0 Å². The van der Waals surface area contributed by atoms with Gasteiger partial charge in [-0.15, -0.1) is 0 Å². The number of nitrogens with zero attached hydrogens (tertiary/aromatic N) is 6. The number of ether oxygens (including phenoxy) is 1. The van der Waals surface area contributed by atoms with Gasteiger partial charge in [-0.3, -0.25) is 14.3 Å². The number of fused-ring (bicyclic) bond motifs is 1. The van der Waals surface area contributed by atoms with Crippen molar-refractivity contribution in [3.63, 3.8) is 0 Å². The van der Waals surface area contributed by atoms with Crippen LogP contribution < -0.4 is 4.74 Å². The standard InChI is InChI=1S/C18H22N6O/c1-2-23-11-15(9-21-23)10-22-12-16-6-8-20-24(16)17(13-22)14-25-18-5-3-4-7-19-18/h3-9,11,17H,2,10,12-14H2,1H3/t17-/m0/s1. The van der Waals surface area contributed by atoms with Gasteiger partial charge in [0, 0.05) is 56.4 Å². The molecule has 3 aromatic rings. The molecule has 0 aromatic carbocycles. The van der Waals surface area contributed by atoms with E-state index >= 15 is 0 Å². The summed E-state index contributed by atoms with van der Waals surface area (Å²) in [6.45, 7) is 6.20. The Morgan fingerprint density at radius 3 is 2.96 bits per heavy atom. The Morgan fingerprint density at radius 1 is 1.20 bits per heavy atom. The van der Waals surface area contributed by atoms with Crippen LogP contribution in [0.15, 0.2) is 49.1 Å². The van der Waals surface area contributed by atoms with E-state index in [0.717, 1.165) is 26.2 Å². The van der Waals surface area contributed by atoms with Gasteiger partial charge < -0.3 is 4.74 Å². The van der Waals surface area contributed by atoms with E-state index < -0.39 is 0 Å². The molecule has 0 fully saturated rings. The van der Waals surface area contributed by atoms with Crippen LogP contribution in [0.2, 0.25) is 0 Å². The monoisotopic (exact) mass is 338 g/mol. The van der Waals surface area contributed by atoms with Crippen LogP contribution in [-0.4, -0.2) is 42.6 Å². The molecule has 1 aliphatic heterocycles. The first-order chi connectivity index (χ1) is 12.3. The lowest BCUT2D eigenvalue weighted by Gasteiger charge is -2.33. The third-order valence-corrected chi connectivity index (χ3v) is 4.43. The second-order valence-electron chi connectivity index (χ2n) is 6.27. The molecule has 0 N–H and O–H groups in total. The Hall–Kier alpha value is -2.67. The molecule has 3 aromatic heterocycles. The fourth-order valence-corrected chi connectivity index (χ4v) is 3.24. The van der Waals surface area contributed by atoms with E-state index in [9.17, 15) is 0 Å². The van der Waals surface area contributed by atoms with Crippen molar-refractivity contribution >= 4 is 0 Å². The molecular weight excluding hydrogens is 316 g/mol. The van der Waals surface area contributed by atoms with Crippen molar-refractivity contribution in [2.75, 3.05) is 13.2 Å². The molecule has 1 atom stereocenters. The minimum absolute atomic E-state index is 0.168. The van der Waals surface area contributed by atoms with Gasteiger partial charge in [0.1, 0.15) is 6.61 Å². The fourth-order valence-electron chi connectivity index (χ4n) is 3.24. The summed E-state index contributed by atoms with van der Waals surface area (Å²) >= 11 is 0. The first-order valence-electron chi connectivity index (χ1n) is 8.61. The molecule has 0 bridgehead atoms. The average Bonchev–Trinajstić information content (AvgIpc) is 3.29. The summed E-state index contributed by atoms with van der Waals surface area (Å²) in [4.78, 5) is 6.65. The lowest BCUT2D eigenvalue weighted by atomic mass is 10.2. The first kappa shape index (κ1) is 15.8. The highest BCUT2D eigenvalue weighted by Crippen LogP contribution is 2.22. The molecule has 1 aliphatic rings. The van der Waals surface area contributed by atoms with Gasteiger partial charge in [-0.05, 0) is 19.1 Å². The maximum absolute atomic E-state index is 5.88. The van der Waals surface area contributed by atoms with Gasteiger partial charge >= 0.3 is 0 Å². The largest absolute Gasteiger partial charge is 0.475 e. The molecule has 0 unspecified atom stereocenters. The van der Waals surface area contributed by atoms with E-state index in [4.69, 9.17) is 4.74 Å². The van der Waals surface area contributed by atoms with Crippen LogP contribution in [0.25, 0.3) is 0 Å². The second kappa shape index (κ2) is 7.06. The summed E-state index contributed by atoms with van der Waals surface area (Å²) in [7, 11) is 0. The van der Waals surface area contributed by atoms with E-state index in [-0.39, 0.29) is 6.04 Å². The van der Waals surface area contributed by atoms with Crippen molar-refractivity contribution in [2.45, 2.75) is 32.6 Å². The first-order valence-corrected chi connectivity index (χ1v) is 8.61. The minimum atomic E-state index is 0.168. The maximum Gasteiger partial charge on any atom is 0.213 e. The van der Waals surface area contributed by atoms with E-state index in [1.54, 1.807) is 6.20 Å². The van der Waals surface area contributed by atoms with Crippen LogP contribution in [0.5, 0.6) is 5.88 Å². The summed E-state index contributed by atoms with van der Waals surface area (Å²) in [5.74, 6) is 0.651. The van der Waals surface area contributed by atoms with Crippen LogP contribution in [0.3, 0.4) is 0 Å². The minimum Gasteiger partial charge on any atom is -0.475 e. The average molecular weight is 338 g/mol. The Morgan fingerprint density at radius 2 is 2.16 bits per heavy atom. The molecule has 0 saturated carbocycles. The fraction of sp³-hybridized carbons (Fsp3) is 0.389. The molecule has 0 aliphatic carbocycles. The predicted molar refractivity (Wildman–Crippen MR) is 93.0 cm³/mol. The Labute approximate surface area is 146 Å². The number of hydrogen-bond acceptors (Lipinski definition) is 5. The van der Waals surface area contributed by atoms with Gasteiger partial charge in [-0.1, -0.05) is 6.07 Å². The molecular formula is C18H22N6O. The molecule has 0 amide bonds. The van der Waals surface area contributed by atoms with Gasteiger partial charge in [-0.25, -0.2) is 4.98 Å². The molecule has 0 saturated heterocycles. The van der Waals surface area contributed by atoms with Gasteiger partial charge in [0.2, 0.25) is 5.88 Å². The zero-order chi connectivity index (χ0) is 17.1. The van der Waals surface area contributed by atoms with Crippen LogP contribution in [0.4, 0.5) is 0 Å². The molecule has 25 heavy (non-hydrogen) atoms. The summed E-state index contributed by atoms with van der Waals surface area (Å²) in [5, 5.41) is 8.85. The van der Waals surface area contributed by atoms with E-state index in [0.29, 0.717) is 12.5 Å². The Kier molecular flexibility index (Phi) is 4.47. The number of hydrogen-bond donors (Lipinski definition) is 0. The Bertz CT molecular complexity index is 812. The normalized spacial score (nSPS) is 17.4. The molecule has 130 valence electrons. The molecule has 7 heteroatoms. The lowest BCUT2D eigenvalue weighted by Crippen LogP contribution is -2.39. The number of rotatable bonds is 6. The van der Waals surface area contributed by atoms with Crippen molar-refractivity contribution in [3.8, 4) is 5.88 Å². The number of aryl methyl sites for hydroxylation is 1. The summed E-state index contributed by atoms with van der Waals surface area (Å²) in [5.41, 5.74) is 2.45. The second-order valence-corrected chi connectivity index (χ2v) is 6.27. The zero-order valence-electron chi connectivity index (χ0n) is 14.3. The smallest absolute Gasteiger partial charge is 0.213 e. The van der Waals surface area contributed by atoms with Crippen LogP contribution >= 0.6 is 0 Å². The molecule has 4 heterocycles. The van der Waals surface area contributed by atoms with Crippen molar-refractivity contribution in [3.05, 3.63) is 60.3 Å². The third kappa shape index (κ3) is 3.56. The number of aromatic nitrogens is 5. The van der Waals surface area contributed by atoms with Crippen molar-refractivity contribution in [1.29, 1.82) is 0 Å². The topological polar surface area (TPSA) is 61.0 Å². The predicted octanol–water partition coefficient (Wildman–Crippen LogP) is 2.13. The van der Waals surface area contributed by atoms with Crippen molar-refractivity contribution in [1.82, 2.24) is 29.4 Å². The molecule has 4 rings (SSSR count).